The van der Waals surface area contributed by atoms with Crippen LogP contribution in [0.2, 0.25) is 0 Å². The van der Waals surface area contributed by atoms with E-state index < -0.39 is 5.54 Å². The van der Waals surface area contributed by atoms with E-state index in [0.29, 0.717) is 12.2 Å². The van der Waals surface area contributed by atoms with Crippen molar-refractivity contribution in [3.8, 4) is 17.0 Å². The van der Waals surface area contributed by atoms with Crippen molar-refractivity contribution in [1.82, 2.24) is 20.0 Å². The van der Waals surface area contributed by atoms with E-state index in [9.17, 15) is 9.59 Å². The van der Waals surface area contributed by atoms with Crippen LogP contribution >= 0.6 is 0 Å². The zero-order valence-electron chi connectivity index (χ0n) is 21.8. The number of rotatable bonds is 5. The highest BCUT2D eigenvalue weighted by atomic mass is 16.5. The summed E-state index contributed by atoms with van der Waals surface area (Å²) in [5.74, 6) is 0.676. The zero-order chi connectivity index (χ0) is 25.1. The van der Waals surface area contributed by atoms with E-state index in [0.717, 1.165) is 68.4 Å². The molecule has 2 aromatic rings. The largest absolute Gasteiger partial charge is 0.497 e. The van der Waals surface area contributed by atoms with Gasteiger partial charge < -0.3 is 15.0 Å². The number of fused-ring (bicyclic) bond motifs is 1. The van der Waals surface area contributed by atoms with E-state index in [4.69, 9.17) is 9.84 Å². The first kappa shape index (κ1) is 24.8. The van der Waals surface area contributed by atoms with Gasteiger partial charge in [0.15, 0.2) is 0 Å². The Balaban J connectivity index is 1.46. The molecule has 2 saturated carbocycles. The Kier molecular flexibility index (Phi) is 7.35. The normalized spacial score (nSPS) is 24.1. The van der Waals surface area contributed by atoms with Gasteiger partial charge in [0, 0.05) is 17.6 Å². The molecular weight excluding hydrogens is 452 g/mol. The van der Waals surface area contributed by atoms with Gasteiger partial charge in [-0.25, -0.2) is 0 Å². The number of ether oxygens (including phenoxy) is 1. The predicted molar refractivity (Wildman–Crippen MR) is 140 cm³/mol. The fraction of sp³-hybridized carbons (Fsp3) is 0.621. The molecule has 2 amide bonds. The highest BCUT2D eigenvalue weighted by Gasteiger charge is 2.51. The summed E-state index contributed by atoms with van der Waals surface area (Å²) in [5.41, 5.74) is 1.28. The summed E-state index contributed by atoms with van der Waals surface area (Å²) >= 11 is 0. The van der Waals surface area contributed by atoms with Gasteiger partial charge in [-0.1, -0.05) is 51.4 Å². The van der Waals surface area contributed by atoms with E-state index in [1.54, 1.807) is 11.8 Å². The monoisotopic (exact) mass is 492 g/mol. The molecule has 0 spiro atoms. The summed E-state index contributed by atoms with van der Waals surface area (Å²) in [6, 6.07) is 9.87. The van der Waals surface area contributed by atoms with Crippen molar-refractivity contribution in [1.29, 1.82) is 0 Å². The fourth-order valence-electron chi connectivity index (χ4n) is 6.36. The van der Waals surface area contributed by atoms with Crippen molar-refractivity contribution in [3.05, 3.63) is 36.0 Å². The predicted octanol–water partition coefficient (Wildman–Crippen LogP) is 5.34. The molecule has 3 aliphatic rings. The number of carbonyl (C=O) groups excluding carboxylic acids is 2. The SMILES string of the molecule is COc1ccc(-c2cc3n(n2)C[C@](C)(C(=O)NC2CCCCCCC2)N(C2CCCCC2)C3=O)cc1. The Hall–Kier alpha value is -2.83. The molecule has 1 N–H and O–H groups in total. The summed E-state index contributed by atoms with van der Waals surface area (Å²) in [7, 11) is 1.64. The Labute approximate surface area is 214 Å². The Morgan fingerprint density at radius 1 is 0.972 bits per heavy atom. The van der Waals surface area contributed by atoms with Gasteiger partial charge in [-0.05, 0) is 62.9 Å². The lowest BCUT2D eigenvalue weighted by Gasteiger charge is -2.48. The van der Waals surface area contributed by atoms with E-state index in [1.807, 2.05) is 42.2 Å². The van der Waals surface area contributed by atoms with Gasteiger partial charge in [0.1, 0.15) is 17.0 Å². The average Bonchev–Trinajstić information content (AvgIpc) is 3.30. The highest BCUT2D eigenvalue weighted by Crippen LogP contribution is 2.36. The third kappa shape index (κ3) is 4.89. The lowest BCUT2D eigenvalue weighted by Crippen LogP contribution is -2.67. The van der Waals surface area contributed by atoms with Crippen LogP contribution in [-0.2, 0) is 11.3 Å². The number of nitrogens with zero attached hydrogens (tertiary/aromatic N) is 3. The second-order valence-electron chi connectivity index (χ2n) is 11.1. The number of hydrogen-bond acceptors (Lipinski definition) is 4. The lowest BCUT2D eigenvalue weighted by atomic mass is 9.86. The number of benzene rings is 1. The first-order chi connectivity index (χ1) is 17.5. The molecule has 0 bridgehead atoms. The van der Waals surface area contributed by atoms with Gasteiger partial charge >= 0.3 is 0 Å². The van der Waals surface area contributed by atoms with Gasteiger partial charge in [0.25, 0.3) is 5.91 Å². The molecule has 0 saturated heterocycles. The molecule has 1 aromatic heterocycles. The van der Waals surface area contributed by atoms with Gasteiger partial charge in [-0.3, -0.25) is 14.3 Å². The smallest absolute Gasteiger partial charge is 0.273 e. The van der Waals surface area contributed by atoms with Crippen LogP contribution in [0.4, 0.5) is 0 Å². The molecule has 2 heterocycles. The average molecular weight is 493 g/mol. The summed E-state index contributed by atoms with van der Waals surface area (Å²) in [5, 5.41) is 8.19. The summed E-state index contributed by atoms with van der Waals surface area (Å²) in [4.78, 5) is 30.0. The zero-order valence-corrected chi connectivity index (χ0v) is 21.8. The van der Waals surface area contributed by atoms with E-state index in [2.05, 4.69) is 5.32 Å². The molecule has 0 unspecified atom stereocenters. The van der Waals surface area contributed by atoms with Crippen LogP contribution in [-0.4, -0.2) is 51.2 Å². The molecular formula is C29H40N4O3. The van der Waals surface area contributed by atoms with Crippen molar-refractivity contribution in [3.63, 3.8) is 0 Å². The van der Waals surface area contributed by atoms with Crippen molar-refractivity contribution in [2.75, 3.05) is 7.11 Å². The van der Waals surface area contributed by atoms with E-state index in [1.165, 1.54) is 25.7 Å². The molecule has 2 aliphatic carbocycles. The molecule has 0 radical (unpaired) electrons. The van der Waals surface area contributed by atoms with E-state index >= 15 is 0 Å². The second-order valence-corrected chi connectivity index (χ2v) is 11.1. The minimum Gasteiger partial charge on any atom is -0.497 e. The Bertz CT molecular complexity index is 1060. The van der Waals surface area contributed by atoms with Crippen LogP contribution in [0, 0.1) is 0 Å². The number of aromatic nitrogens is 2. The second kappa shape index (κ2) is 10.7. The molecule has 1 aromatic carbocycles. The number of hydrogen-bond donors (Lipinski definition) is 1. The van der Waals surface area contributed by atoms with Crippen molar-refractivity contribution < 1.29 is 14.3 Å². The van der Waals surface area contributed by atoms with E-state index in [-0.39, 0.29) is 23.9 Å². The molecule has 36 heavy (non-hydrogen) atoms. The molecule has 194 valence electrons. The molecule has 1 aliphatic heterocycles. The number of carbonyl (C=O) groups is 2. The van der Waals surface area contributed by atoms with Crippen molar-refractivity contribution in [2.45, 2.75) is 108 Å². The minimum absolute atomic E-state index is 0.0286. The quantitative estimate of drug-likeness (QED) is 0.612. The molecule has 7 nitrogen and oxygen atoms in total. The number of amides is 2. The Morgan fingerprint density at radius 2 is 1.58 bits per heavy atom. The first-order valence-corrected chi connectivity index (χ1v) is 13.9. The molecule has 5 rings (SSSR count). The van der Waals surface area contributed by atoms with Crippen LogP contribution in [0.3, 0.4) is 0 Å². The van der Waals surface area contributed by atoms with Crippen LogP contribution in [0.5, 0.6) is 5.75 Å². The van der Waals surface area contributed by atoms with Gasteiger partial charge in [-0.15, -0.1) is 0 Å². The Morgan fingerprint density at radius 3 is 2.25 bits per heavy atom. The van der Waals surface area contributed by atoms with Gasteiger partial charge in [0.2, 0.25) is 5.91 Å². The maximum atomic E-state index is 14.0. The number of methoxy groups -OCH3 is 1. The minimum atomic E-state index is -0.961. The van der Waals surface area contributed by atoms with Crippen LogP contribution in [0.1, 0.15) is 94.5 Å². The summed E-state index contributed by atoms with van der Waals surface area (Å²) in [6.45, 7) is 2.33. The maximum Gasteiger partial charge on any atom is 0.273 e. The fourth-order valence-corrected chi connectivity index (χ4v) is 6.36. The highest BCUT2D eigenvalue weighted by molar-refractivity contribution is 6.00. The number of nitrogens with one attached hydrogen (secondary N) is 1. The molecule has 7 heteroatoms. The lowest BCUT2D eigenvalue weighted by molar-refractivity contribution is -0.136. The first-order valence-electron chi connectivity index (χ1n) is 13.9. The standard InChI is InChI=1S/C29H40N4O3/c1-29(28(35)30-22-11-7-4-3-5-8-12-22)20-32-26(27(34)33(29)23-13-9-6-10-14-23)19-25(31-32)21-15-17-24(36-2)18-16-21/h15-19,22-23H,3-14,20H2,1-2H3,(H,30,35)/t29-/m1/s1. The summed E-state index contributed by atoms with van der Waals surface area (Å²) < 4.78 is 7.05. The summed E-state index contributed by atoms with van der Waals surface area (Å²) in [6.07, 6.45) is 13.4. The van der Waals surface area contributed by atoms with Crippen molar-refractivity contribution in [2.24, 2.45) is 0 Å². The van der Waals surface area contributed by atoms with Crippen LogP contribution in [0.15, 0.2) is 30.3 Å². The molecule has 2 fully saturated rings. The third-order valence-electron chi connectivity index (χ3n) is 8.46. The van der Waals surface area contributed by atoms with Crippen LogP contribution < -0.4 is 10.1 Å². The third-order valence-corrected chi connectivity index (χ3v) is 8.46. The van der Waals surface area contributed by atoms with Crippen molar-refractivity contribution >= 4 is 11.8 Å². The maximum absolute atomic E-state index is 14.0. The van der Waals surface area contributed by atoms with Gasteiger partial charge in [0.05, 0.1) is 19.3 Å². The van der Waals surface area contributed by atoms with Gasteiger partial charge in [-0.2, -0.15) is 5.10 Å². The topological polar surface area (TPSA) is 76.5 Å². The van der Waals surface area contributed by atoms with Crippen LogP contribution in [0.25, 0.3) is 11.3 Å². The molecule has 1 atom stereocenters.